The first-order valence-electron chi connectivity index (χ1n) is 7.21. The molecule has 1 atom stereocenters. The minimum Gasteiger partial charge on any atom is -0.870 e. The summed E-state index contributed by atoms with van der Waals surface area (Å²) in [5, 5.41) is 0. The maximum Gasteiger partial charge on any atom is 1.00 e. The first kappa shape index (κ1) is 26.8. The van der Waals surface area contributed by atoms with Crippen molar-refractivity contribution in [1.29, 1.82) is 0 Å². The minimum absolute atomic E-state index is 0. The molecule has 1 N–H and O–H groups in total. The molecule has 136 valence electrons. The van der Waals surface area contributed by atoms with Gasteiger partial charge in [0.05, 0.1) is 4.90 Å². The second-order valence-corrected chi connectivity index (χ2v) is 7.64. The fourth-order valence-electron chi connectivity index (χ4n) is 2.44. The Kier molecular flexibility index (Phi) is 10.7. The molecule has 10 heteroatoms. The molecule has 6 nitrogen and oxygen atoms in total. The average molecular weight is 403 g/mol. The van der Waals surface area contributed by atoms with E-state index in [2.05, 4.69) is 0 Å². The van der Waals surface area contributed by atoms with Crippen LogP contribution < -0.4 is 37.7 Å². The quantitative estimate of drug-likeness (QED) is 0.259. The van der Waals surface area contributed by atoms with E-state index >= 15 is 0 Å². The Morgan fingerprint density at radius 3 is 1.57 bits per heavy atom. The van der Waals surface area contributed by atoms with Gasteiger partial charge < -0.3 is 14.6 Å². The van der Waals surface area contributed by atoms with Crippen LogP contribution in [0.15, 0.2) is 82.6 Å². The van der Waals surface area contributed by atoms with Gasteiger partial charge in [0.2, 0.25) is 0 Å². The molecule has 0 spiro atoms. The summed E-state index contributed by atoms with van der Waals surface area (Å²) in [5.41, 5.74) is 3.14. The van der Waals surface area contributed by atoms with Gasteiger partial charge in [-0.25, -0.2) is 8.42 Å². The van der Waals surface area contributed by atoms with Crippen molar-refractivity contribution in [1.82, 2.24) is 0 Å². The molecule has 0 aliphatic carbocycles. The Balaban J connectivity index is 0.00000243. The molecule has 3 aromatic carbocycles. The summed E-state index contributed by atoms with van der Waals surface area (Å²) < 4.78 is 55.2. The Bertz CT molecular complexity index is 1040. The molecule has 0 heterocycles. The van der Waals surface area contributed by atoms with Gasteiger partial charge in [-0.3, -0.25) is 4.21 Å². The van der Waals surface area contributed by atoms with E-state index in [9.17, 15) is 21.7 Å². The average Bonchev–Trinajstić information content (AvgIpc) is 2.61. The molecular formula is C18H13Li2O6S2-. The van der Waals surface area contributed by atoms with Gasteiger partial charge in [-0.2, -0.15) is 0 Å². The number of rotatable bonds is 4. The monoisotopic (exact) mass is 403 g/mol. The van der Waals surface area contributed by atoms with Crippen LogP contribution in [0.3, 0.4) is 0 Å². The topological polar surface area (TPSA) is 127 Å². The van der Waals surface area contributed by atoms with Crippen molar-refractivity contribution in [2.45, 2.75) is 9.79 Å². The molecule has 0 saturated carbocycles. The van der Waals surface area contributed by atoms with E-state index in [1.54, 1.807) is 18.2 Å². The van der Waals surface area contributed by atoms with E-state index in [0.29, 0.717) is 5.56 Å². The zero-order valence-corrected chi connectivity index (χ0v) is 16.9. The van der Waals surface area contributed by atoms with Crippen LogP contribution in [-0.4, -0.2) is 27.2 Å². The fraction of sp³-hybridized carbons (Fsp3) is 0. The standard InChI is InChI=1S/C18H14O5S2.2Li.H2O/c19-24(20)17-10-8-14(9-11-17)13-4-6-15(7-5-13)16-2-1-3-18(12-16)25(21,22)23;;;/h1-12H,(H,19,20)(H,21,22,23);;;1H2/q;2*+1;/p-3. The van der Waals surface area contributed by atoms with Crippen molar-refractivity contribution in [3.8, 4) is 22.3 Å². The van der Waals surface area contributed by atoms with E-state index < -0.39 is 21.2 Å². The summed E-state index contributed by atoms with van der Waals surface area (Å²) in [6.07, 6.45) is 0. The van der Waals surface area contributed by atoms with Crippen LogP contribution in [0.2, 0.25) is 0 Å². The van der Waals surface area contributed by atoms with Crippen molar-refractivity contribution in [2.75, 3.05) is 0 Å². The second-order valence-electron chi connectivity index (χ2n) is 5.32. The predicted octanol–water partition coefficient (Wildman–Crippen LogP) is -3.01. The van der Waals surface area contributed by atoms with E-state index in [1.807, 2.05) is 24.3 Å². The van der Waals surface area contributed by atoms with Gasteiger partial charge in [-0.15, -0.1) is 0 Å². The van der Waals surface area contributed by atoms with Crippen LogP contribution in [0, 0.1) is 0 Å². The smallest absolute Gasteiger partial charge is 0.870 e. The third kappa shape index (κ3) is 6.43. The van der Waals surface area contributed by atoms with Crippen molar-refractivity contribution >= 4 is 21.2 Å². The summed E-state index contributed by atoms with van der Waals surface area (Å²) in [5.74, 6) is 0. The molecule has 0 bridgehead atoms. The Labute approximate surface area is 190 Å². The molecule has 3 rings (SSSR count). The zero-order chi connectivity index (χ0) is 18.0. The van der Waals surface area contributed by atoms with Crippen molar-refractivity contribution in [2.24, 2.45) is 0 Å². The summed E-state index contributed by atoms with van der Waals surface area (Å²) in [7, 11) is -4.50. The molecule has 0 radical (unpaired) electrons. The molecule has 28 heavy (non-hydrogen) atoms. The van der Waals surface area contributed by atoms with Crippen LogP contribution >= 0.6 is 0 Å². The van der Waals surface area contributed by atoms with Gasteiger partial charge in [0.25, 0.3) is 0 Å². The van der Waals surface area contributed by atoms with Gasteiger partial charge >= 0.3 is 37.7 Å². The second kappa shape index (κ2) is 11.1. The maximum atomic E-state index is 11.1. The summed E-state index contributed by atoms with van der Waals surface area (Å²) in [6.45, 7) is 0. The van der Waals surface area contributed by atoms with Gasteiger partial charge in [0.1, 0.15) is 10.1 Å². The summed E-state index contributed by atoms with van der Waals surface area (Å²) >= 11 is -2.26. The van der Waals surface area contributed by atoms with Gasteiger partial charge in [0.15, 0.2) is 0 Å². The van der Waals surface area contributed by atoms with Crippen LogP contribution in [0.1, 0.15) is 0 Å². The molecule has 0 saturated heterocycles. The molecule has 0 amide bonds. The number of benzene rings is 3. The third-order valence-electron chi connectivity index (χ3n) is 3.72. The largest absolute Gasteiger partial charge is 1.00 e. The minimum atomic E-state index is -4.50. The molecule has 0 aromatic heterocycles. The van der Waals surface area contributed by atoms with Crippen molar-refractivity contribution in [3.63, 3.8) is 0 Å². The maximum absolute atomic E-state index is 11.1. The molecule has 3 aromatic rings. The van der Waals surface area contributed by atoms with E-state index in [-0.39, 0.29) is 53.0 Å². The summed E-state index contributed by atoms with van der Waals surface area (Å²) in [4.78, 5) is -0.0497. The normalized spacial score (nSPS) is 11.4. The van der Waals surface area contributed by atoms with E-state index in [1.165, 1.54) is 30.3 Å². The van der Waals surface area contributed by atoms with Gasteiger partial charge in [-0.1, -0.05) is 48.5 Å². The predicted molar refractivity (Wildman–Crippen MR) is 94.4 cm³/mol. The third-order valence-corrected chi connectivity index (χ3v) is 5.21. The first-order chi connectivity index (χ1) is 11.8. The van der Waals surface area contributed by atoms with Gasteiger partial charge in [0, 0.05) is 4.90 Å². The Morgan fingerprint density at radius 2 is 1.14 bits per heavy atom. The van der Waals surface area contributed by atoms with Crippen LogP contribution in [-0.2, 0) is 21.2 Å². The van der Waals surface area contributed by atoms with E-state index in [4.69, 9.17) is 0 Å². The Morgan fingerprint density at radius 1 is 0.714 bits per heavy atom. The van der Waals surface area contributed by atoms with Crippen molar-refractivity contribution in [3.05, 3.63) is 72.8 Å². The molecule has 0 aliphatic rings. The van der Waals surface area contributed by atoms with E-state index in [0.717, 1.165) is 16.7 Å². The molecule has 0 fully saturated rings. The number of hydrogen-bond acceptors (Lipinski definition) is 6. The Hall–Kier alpha value is -1.17. The van der Waals surface area contributed by atoms with Crippen LogP contribution in [0.4, 0.5) is 0 Å². The zero-order valence-electron chi connectivity index (χ0n) is 15.2. The fourth-order valence-corrected chi connectivity index (χ4v) is 3.32. The molecule has 1 unspecified atom stereocenters. The molecular weight excluding hydrogens is 390 g/mol. The number of hydrogen-bond donors (Lipinski definition) is 0. The molecule has 0 aliphatic heterocycles. The first-order valence-corrected chi connectivity index (χ1v) is 9.69. The van der Waals surface area contributed by atoms with Crippen LogP contribution in [0.5, 0.6) is 0 Å². The SMILES string of the molecule is O=S([O-])c1ccc(-c2ccc(-c3cccc(S(=O)(=O)[O-])c3)cc2)cc1.[Li+].[Li+].[OH-]. The summed E-state index contributed by atoms with van der Waals surface area (Å²) in [6, 6.07) is 19.6. The van der Waals surface area contributed by atoms with Crippen molar-refractivity contribution < 1.29 is 64.9 Å². The van der Waals surface area contributed by atoms with Gasteiger partial charge in [-0.05, 0) is 57.6 Å². The van der Waals surface area contributed by atoms with Crippen LogP contribution in [0.25, 0.3) is 22.3 Å².